The molecule has 1 atom stereocenters. The topological polar surface area (TPSA) is 69.0 Å². The molecule has 0 saturated carbocycles. The van der Waals surface area contributed by atoms with Gasteiger partial charge in [-0.2, -0.15) is 0 Å². The molecular formula is C30H29NO5. The van der Waals surface area contributed by atoms with Gasteiger partial charge in [-0.15, -0.1) is 0 Å². The van der Waals surface area contributed by atoms with Crippen molar-refractivity contribution in [1.29, 1.82) is 0 Å². The number of hydrogen-bond donors (Lipinski definition) is 0. The van der Waals surface area contributed by atoms with Crippen LogP contribution in [0.15, 0.2) is 75.9 Å². The van der Waals surface area contributed by atoms with Gasteiger partial charge in [0.1, 0.15) is 5.58 Å². The van der Waals surface area contributed by atoms with E-state index < -0.39 is 6.04 Å². The molecule has 2 heterocycles. The van der Waals surface area contributed by atoms with Crippen LogP contribution >= 0.6 is 0 Å². The maximum absolute atomic E-state index is 13.7. The second-order valence-corrected chi connectivity index (χ2v) is 9.61. The number of carbonyl (C=O) groups excluding carboxylic acids is 1. The van der Waals surface area contributed by atoms with E-state index in [0.29, 0.717) is 47.1 Å². The lowest BCUT2D eigenvalue weighted by atomic mass is 9.97. The van der Waals surface area contributed by atoms with Gasteiger partial charge in [-0.05, 0) is 48.2 Å². The smallest absolute Gasteiger partial charge is 0.291 e. The van der Waals surface area contributed by atoms with Gasteiger partial charge in [0, 0.05) is 6.54 Å². The van der Waals surface area contributed by atoms with E-state index in [-0.39, 0.29) is 17.1 Å². The van der Waals surface area contributed by atoms with E-state index in [0.717, 1.165) is 16.7 Å². The van der Waals surface area contributed by atoms with Crippen molar-refractivity contribution in [2.45, 2.75) is 33.4 Å². The Morgan fingerprint density at radius 3 is 2.44 bits per heavy atom. The van der Waals surface area contributed by atoms with E-state index in [1.807, 2.05) is 49.4 Å². The number of carbonyl (C=O) groups is 1. The predicted molar refractivity (Wildman–Crippen MR) is 139 cm³/mol. The molecule has 1 aliphatic rings. The molecule has 0 fully saturated rings. The summed E-state index contributed by atoms with van der Waals surface area (Å²) in [5, 5.41) is 0.454. The van der Waals surface area contributed by atoms with E-state index in [2.05, 4.69) is 13.8 Å². The van der Waals surface area contributed by atoms with Crippen molar-refractivity contribution in [2.75, 3.05) is 13.7 Å². The Kier molecular flexibility index (Phi) is 6.27. The lowest BCUT2D eigenvalue weighted by molar-refractivity contribution is 0.0714. The van der Waals surface area contributed by atoms with Crippen LogP contribution in [-0.2, 0) is 6.54 Å². The van der Waals surface area contributed by atoms with Crippen LogP contribution < -0.4 is 14.9 Å². The zero-order valence-corrected chi connectivity index (χ0v) is 20.9. The maximum Gasteiger partial charge on any atom is 0.291 e. The first kappa shape index (κ1) is 23.7. The summed E-state index contributed by atoms with van der Waals surface area (Å²) < 4.78 is 17.6. The summed E-state index contributed by atoms with van der Waals surface area (Å²) in [6.07, 6.45) is 0. The summed E-state index contributed by atoms with van der Waals surface area (Å²) in [4.78, 5) is 29.1. The highest BCUT2D eigenvalue weighted by Crippen LogP contribution is 2.41. The average molecular weight is 484 g/mol. The molecule has 0 spiro atoms. The average Bonchev–Trinajstić information content (AvgIpc) is 3.15. The minimum atomic E-state index is -0.622. The maximum atomic E-state index is 13.7. The van der Waals surface area contributed by atoms with Crippen LogP contribution in [0, 0.1) is 12.8 Å². The summed E-state index contributed by atoms with van der Waals surface area (Å²) in [5.74, 6) is 1.31. The number of benzene rings is 3. The number of fused-ring (bicyclic) bond motifs is 2. The van der Waals surface area contributed by atoms with Gasteiger partial charge in [0.15, 0.2) is 16.9 Å². The number of ether oxygens (including phenoxy) is 2. The molecule has 36 heavy (non-hydrogen) atoms. The number of rotatable bonds is 7. The van der Waals surface area contributed by atoms with Gasteiger partial charge in [-0.25, -0.2) is 0 Å². The molecule has 184 valence electrons. The van der Waals surface area contributed by atoms with E-state index >= 15 is 0 Å². The summed E-state index contributed by atoms with van der Waals surface area (Å²) >= 11 is 0. The number of methoxy groups -OCH3 is 1. The predicted octanol–water partition coefficient (Wildman–Crippen LogP) is 5.89. The molecule has 3 aromatic carbocycles. The Hall–Kier alpha value is -4.06. The van der Waals surface area contributed by atoms with E-state index in [9.17, 15) is 9.59 Å². The standard InChI is InChI=1S/C30H29NO5/c1-18(2)17-35-24-14-13-21(15-25(24)34-4)27-26-28(32)22-7-5-6-8-23(22)36-29(26)30(33)31(27)16-20-11-9-19(3)10-12-20/h5-15,18,27H,16-17H2,1-4H3. The van der Waals surface area contributed by atoms with Gasteiger partial charge in [-0.3, -0.25) is 9.59 Å². The fraction of sp³-hybridized carbons (Fsp3) is 0.267. The van der Waals surface area contributed by atoms with Crippen molar-refractivity contribution in [3.05, 3.63) is 105 Å². The van der Waals surface area contributed by atoms with Crippen LogP contribution in [0.5, 0.6) is 11.5 Å². The van der Waals surface area contributed by atoms with Crippen molar-refractivity contribution in [3.8, 4) is 11.5 Å². The molecule has 0 bridgehead atoms. The first-order chi connectivity index (χ1) is 17.4. The zero-order chi connectivity index (χ0) is 25.4. The minimum Gasteiger partial charge on any atom is -0.493 e. The molecule has 6 nitrogen and oxygen atoms in total. The number of aryl methyl sites for hydroxylation is 1. The summed E-state index contributed by atoms with van der Waals surface area (Å²) in [6.45, 7) is 7.06. The minimum absolute atomic E-state index is 0.0925. The van der Waals surface area contributed by atoms with Crippen LogP contribution in [0.2, 0.25) is 0 Å². The van der Waals surface area contributed by atoms with Crippen LogP contribution in [0.3, 0.4) is 0 Å². The lowest BCUT2D eigenvalue weighted by Gasteiger charge is -2.26. The van der Waals surface area contributed by atoms with Crippen molar-refractivity contribution in [3.63, 3.8) is 0 Å². The Balaban J connectivity index is 1.65. The van der Waals surface area contributed by atoms with Crippen molar-refractivity contribution >= 4 is 16.9 Å². The van der Waals surface area contributed by atoms with Crippen molar-refractivity contribution < 1.29 is 18.7 Å². The van der Waals surface area contributed by atoms with Gasteiger partial charge in [-0.1, -0.05) is 61.9 Å². The monoisotopic (exact) mass is 483 g/mol. The van der Waals surface area contributed by atoms with Gasteiger partial charge < -0.3 is 18.8 Å². The fourth-order valence-electron chi connectivity index (χ4n) is 4.60. The third kappa shape index (κ3) is 4.24. The number of nitrogens with zero attached hydrogens (tertiary/aromatic N) is 1. The van der Waals surface area contributed by atoms with Gasteiger partial charge in [0.2, 0.25) is 5.76 Å². The lowest BCUT2D eigenvalue weighted by Crippen LogP contribution is -2.29. The van der Waals surface area contributed by atoms with Gasteiger partial charge >= 0.3 is 0 Å². The van der Waals surface area contributed by atoms with E-state index in [1.165, 1.54) is 0 Å². The first-order valence-electron chi connectivity index (χ1n) is 12.1. The van der Waals surface area contributed by atoms with E-state index in [4.69, 9.17) is 13.9 Å². The van der Waals surface area contributed by atoms with Crippen LogP contribution in [0.1, 0.15) is 52.7 Å². The van der Waals surface area contributed by atoms with Crippen LogP contribution in [0.25, 0.3) is 11.0 Å². The molecule has 1 aromatic heterocycles. The second-order valence-electron chi connectivity index (χ2n) is 9.61. The Bertz CT molecular complexity index is 1490. The second kappa shape index (κ2) is 9.53. The summed E-state index contributed by atoms with van der Waals surface area (Å²) in [7, 11) is 1.58. The largest absolute Gasteiger partial charge is 0.493 e. The number of amides is 1. The molecule has 4 aromatic rings. The summed E-state index contributed by atoms with van der Waals surface area (Å²) in [6, 6.07) is 20.0. The van der Waals surface area contributed by atoms with Crippen molar-refractivity contribution in [2.24, 2.45) is 5.92 Å². The van der Waals surface area contributed by atoms with Crippen LogP contribution in [-0.4, -0.2) is 24.5 Å². The highest BCUT2D eigenvalue weighted by atomic mass is 16.5. The van der Waals surface area contributed by atoms with E-state index in [1.54, 1.807) is 36.3 Å². The molecule has 0 N–H and O–H groups in total. The summed E-state index contributed by atoms with van der Waals surface area (Å²) in [5.41, 5.74) is 3.41. The highest BCUT2D eigenvalue weighted by molar-refractivity contribution is 5.99. The third-order valence-corrected chi connectivity index (χ3v) is 6.42. The molecule has 0 saturated heterocycles. The van der Waals surface area contributed by atoms with Gasteiger partial charge in [0.05, 0.1) is 30.7 Å². The molecule has 1 aliphatic heterocycles. The highest BCUT2D eigenvalue weighted by Gasteiger charge is 2.43. The van der Waals surface area contributed by atoms with Gasteiger partial charge in [0.25, 0.3) is 5.91 Å². The molecule has 1 amide bonds. The van der Waals surface area contributed by atoms with Crippen LogP contribution in [0.4, 0.5) is 0 Å². The Labute approximate surface area is 210 Å². The Morgan fingerprint density at radius 1 is 0.972 bits per heavy atom. The molecule has 0 aliphatic carbocycles. The molecule has 6 heteroatoms. The molecule has 0 radical (unpaired) electrons. The number of hydrogen-bond acceptors (Lipinski definition) is 5. The fourth-order valence-corrected chi connectivity index (χ4v) is 4.60. The van der Waals surface area contributed by atoms with Crippen molar-refractivity contribution in [1.82, 2.24) is 4.90 Å². The number of para-hydroxylation sites is 1. The molecular weight excluding hydrogens is 454 g/mol. The third-order valence-electron chi connectivity index (χ3n) is 6.42. The molecule has 1 unspecified atom stereocenters. The zero-order valence-electron chi connectivity index (χ0n) is 20.9. The first-order valence-corrected chi connectivity index (χ1v) is 12.1. The SMILES string of the molecule is COc1cc(C2c3c(oc4ccccc4c3=O)C(=O)N2Cc2ccc(C)cc2)ccc1OCC(C)C. The normalized spacial score (nSPS) is 15.0. The molecule has 5 rings (SSSR count). The Morgan fingerprint density at radius 2 is 1.72 bits per heavy atom. The quantitative estimate of drug-likeness (QED) is 0.328.